The number of ether oxygens (including phenoxy) is 2. The lowest BCUT2D eigenvalue weighted by Crippen LogP contribution is -2.18. The number of benzene rings is 2. The van der Waals surface area contributed by atoms with Gasteiger partial charge in [-0.25, -0.2) is 5.43 Å². The first-order valence-electron chi connectivity index (χ1n) is 7.62. The van der Waals surface area contributed by atoms with Gasteiger partial charge in [-0.15, -0.1) is 0 Å². The van der Waals surface area contributed by atoms with E-state index in [0.717, 1.165) is 11.3 Å². The van der Waals surface area contributed by atoms with E-state index in [1.165, 1.54) is 0 Å². The summed E-state index contributed by atoms with van der Waals surface area (Å²) in [7, 11) is 1.61. The van der Waals surface area contributed by atoms with Crippen molar-refractivity contribution in [1.82, 2.24) is 5.43 Å². The second-order valence-corrected chi connectivity index (χ2v) is 5.94. The molecule has 0 aromatic heterocycles. The van der Waals surface area contributed by atoms with Gasteiger partial charge >= 0.3 is 0 Å². The van der Waals surface area contributed by atoms with Crippen LogP contribution in [0, 0.1) is 0 Å². The number of amides is 1. The minimum Gasteiger partial charge on any atom is -0.497 e. The van der Waals surface area contributed by atoms with Crippen LogP contribution in [0.4, 0.5) is 0 Å². The number of halogens is 2. The average Bonchev–Trinajstić information content (AvgIpc) is 2.61. The van der Waals surface area contributed by atoms with E-state index in [-0.39, 0.29) is 5.91 Å². The van der Waals surface area contributed by atoms with Gasteiger partial charge in [0.15, 0.2) is 0 Å². The van der Waals surface area contributed by atoms with Crippen molar-refractivity contribution in [3.05, 3.63) is 58.1 Å². The van der Waals surface area contributed by atoms with Gasteiger partial charge in [0.2, 0.25) is 5.91 Å². The fourth-order valence-electron chi connectivity index (χ4n) is 1.93. The quantitative estimate of drug-likeness (QED) is 0.421. The third kappa shape index (κ3) is 6.64. The van der Waals surface area contributed by atoms with Gasteiger partial charge in [-0.05, 0) is 54.4 Å². The first kappa shape index (κ1) is 19.1. The van der Waals surface area contributed by atoms with E-state index >= 15 is 0 Å². The van der Waals surface area contributed by atoms with Crippen molar-refractivity contribution in [2.24, 2.45) is 5.10 Å². The lowest BCUT2D eigenvalue weighted by atomic mass is 10.2. The van der Waals surface area contributed by atoms with Crippen LogP contribution in [0.1, 0.15) is 18.4 Å². The summed E-state index contributed by atoms with van der Waals surface area (Å²) in [5, 5.41) is 4.91. The van der Waals surface area contributed by atoms with Crippen LogP contribution in [0.5, 0.6) is 11.5 Å². The van der Waals surface area contributed by atoms with E-state index in [1.54, 1.807) is 31.5 Å². The molecule has 5 nitrogen and oxygen atoms in total. The first-order chi connectivity index (χ1) is 12.1. The summed E-state index contributed by atoms with van der Waals surface area (Å²) < 4.78 is 10.6. The molecule has 0 heterocycles. The standard InChI is InChI=1S/C18H18Cl2N2O3/c1-24-15-7-4-13(5-8-15)12-21-22-18(23)3-2-10-25-17-9-6-14(19)11-16(17)20/h4-9,11-12H,2-3,10H2,1H3,(H,22,23)/b21-12-. The van der Waals surface area contributed by atoms with Crippen molar-refractivity contribution in [3.63, 3.8) is 0 Å². The lowest BCUT2D eigenvalue weighted by molar-refractivity contribution is -0.121. The molecule has 0 aliphatic rings. The molecular formula is C18H18Cl2N2O3. The molecule has 2 aromatic rings. The van der Waals surface area contributed by atoms with Crippen molar-refractivity contribution >= 4 is 35.3 Å². The maximum Gasteiger partial charge on any atom is 0.240 e. The highest BCUT2D eigenvalue weighted by Gasteiger charge is 2.04. The highest BCUT2D eigenvalue weighted by molar-refractivity contribution is 6.35. The Balaban J connectivity index is 1.67. The maximum atomic E-state index is 11.7. The number of carbonyl (C=O) groups excluding carboxylic acids is 1. The minimum atomic E-state index is -0.185. The third-order valence-corrected chi connectivity index (χ3v) is 3.75. The highest BCUT2D eigenvalue weighted by Crippen LogP contribution is 2.27. The van der Waals surface area contributed by atoms with Gasteiger partial charge in [0.1, 0.15) is 11.5 Å². The lowest BCUT2D eigenvalue weighted by Gasteiger charge is -2.07. The van der Waals surface area contributed by atoms with Crippen LogP contribution < -0.4 is 14.9 Å². The first-order valence-corrected chi connectivity index (χ1v) is 8.38. The van der Waals surface area contributed by atoms with E-state index in [0.29, 0.717) is 35.2 Å². The number of nitrogens with one attached hydrogen (secondary N) is 1. The smallest absolute Gasteiger partial charge is 0.240 e. The molecule has 2 aromatic carbocycles. The van der Waals surface area contributed by atoms with Crippen LogP contribution in [0.3, 0.4) is 0 Å². The monoisotopic (exact) mass is 380 g/mol. The van der Waals surface area contributed by atoms with Crippen molar-refractivity contribution in [3.8, 4) is 11.5 Å². The van der Waals surface area contributed by atoms with Crippen molar-refractivity contribution in [1.29, 1.82) is 0 Å². The molecule has 7 heteroatoms. The number of hydrazone groups is 1. The molecule has 0 fully saturated rings. The van der Waals surface area contributed by atoms with Crippen LogP contribution in [-0.4, -0.2) is 25.8 Å². The molecule has 0 bridgehead atoms. The summed E-state index contributed by atoms with van der Waals surface area (Å²) in [5.41, 5.74) is 3.34. The zero-order chi connectivity index (χ0) is 18.1. The molecular weight excluding hydrogens is 363 g/mol. The third-order valence-electron chi connectivity index (χ3n) is 3.22. The Morgan fingerprint density at radius 3 is 2.64 bits per heavy atom. The highest BCUT2D eigenvalue weighted by atomic mass is 35.5. The zero-order valence-corrected chi connectivity index (χ0v) is 15.2. The zero-order valence-electron chi connectivity index (χ0n) is 13.7. The number of rotatable bonds is 8. The molecule has 0 saturated heterocycles. The Hall–Kier alpha value is -2.24. The average molecular weight is 381 g/mol. The topological polar surface area (TPSA) is 59.9 Å². The Morgan fingerprint density at radius 2 is 1.96 bits per heavy atom. The van der Waals surface area contributed by atoms with Crippen LogP contribution in [0.2, 0.25) is 10.0 Å². The molecule has 0 spiro atoms. The normalized spacial score (nSPS) is 10.7. The fraction of sp³-hybridized carbons (Fsp3) is 0.222. The molecule has 0 unspecified atom stereocenters. The summed E-state index contributed by atoms with van der Waals surface area (Å²) in [6.45, 7) is 0.372. The number of nitrogens with zero attached hydrogens (tertiary/aromatic N) is 1. The molecule has 132 valence electrons. The van der Waals surface area contributed by atoms with Crippen LogP contribution in [-0.2, 0) is 4.79 Å². The number of carbonyl (C=O) groups is 1. The fourth-order valence-corrected chi connectivity index (χ4v) is 2.39. The Kier molecular flexibility index (Phi) is 7.57. The minimum absolute atomic E-state index is 0.185. The van der Waals surface area contributed by atoms with E-state index in [9.17, 15) is 4.79 Å². The van der Waals surface area contributed by atoms with Crippen LogP contribution >= 0.6 is 23.2 Å². The van der Waals surface area contributed by atoms with Gasteiger partial charge in [0.05, 0.1) is 25.0 Å². The molecule has 0 aliphatic carbocycles. The Labute approximate surface area is 156 Å². The van der Waals surface area contributed by atoms with Gasteiger partial charge in [0.25, 0.3) is 0 Å². The number of methoxy groups -OCH3 is 1. The second-order valence-electron chi connectivity index (χ2n) is 5.09. The Morgan fingerprint density at radius 1 is 1.20 bits per heavy atom. The predicted octanol–water partition coefficient (Wildman–Crippen LogP) is 4.31. The molecule has 2 rings (SSSR count). The van der Waals surface area contributed by atoms with Crippen molar-refractivity contribution in [2.45, 2.75) is 12.8 Å². The summed E-state index contributed by atoms with van der Waals surface area (Å²) in [4.78, 5) is 11.7. The van der Waals surface area contributed by atoms with E-state index < -0.39 is 0 Å². The summed E-state index contributed by atoms with van der Waals surface area (Å²) in [5.74, 6) is 1.13. The number of hydrogen-bond acceptors (Lipinski definition) is 4. The molecule has 0 atom stereocenters. The van der Waals surface area contributed by atoms with Gasteiger partial charge in [0, 0.05) is 11.4 Å². The predicted molar refractivity (Wildman–Crippen MR) is 99.9 cm³/mol. The van der Waals surface area contributed by atoms with Crippen molar-refractivity contribution < 1.29 is 14.3 Å². The summed E-state index contributed by atoms with van der Waals surface area (Å²) in [6.07, 6.45) is 2.41. The van der Waals surface area contributed by atoms with E-state index in [4.69, 9.17) is 32.7 Å². The van der Waals surface area contributed by atoms with Gasteiger partial charge < -0.3 is 9.47 Å². The maximum absolute atomic E-state index is 11.7. The van der Waals surface area contributed by atoms with Crippen LogP contribution in [0.15, 0.2) is 47.6 Å². The number of hydrogen-bond donors (Lipinski definition) is 1. The summed E-state index contributed by atoms with van der Waals surface area (Å²) in [6, 6.07) is 12.3. The SMILES string of the molecule is COc1ccc(/C=N\NC(=O)CCCOc2ccc(Cl)cc2Cl)cc1. The molecule has 0 radical (unpaired) electrons. The molecule has 25 heavy (non-hydrogen) atoms. The second kappa shape index (κ2) is 9.91. The van der Waals surface area contributed by atoms with Gasteiger partial charge in [-0.2, -0.15) is 5.10 Å². The van der Waals surface area contributed by atoms with Crippen LogP contribution in [0.25, 0.3) is 0 Å². The molecule has 0 saturated carbocycles. The van der Waals surface area contributed by atoms with E-state index in [1.807, 2.05) is 24.3 Å². The summed E-state index contributed by atoms with van der Waals surface area (Å²) >= 11 is 11.8. The van der Waals surface area contributed by atoms with Crippen molar-refractivity contribution in [2.75, 3.05) is 13.7 Å². The molecule has 1 amide bonds. The van der Waals surface area contributed by atoms with Gasteiger partial charge in [-0.3, -0.25) is 4.79 Å². The van der Waals surface area contributed by atoms with E-state index in [2.05, 4.69) is 10.5 Å². The Bertz CT molecular complexity index is 734. The molecule has 1 N–H and O–H groups in total. The largest absolute Gasteiger partial charge is 0.497 e. The van der Waals surface area contributed by atoms with Gasteiger partial charge in [-0.1, -0.05) is 23.2 Å². The molecule has 0 aliphatic heterocycles.